The highest BCUT2D eigenvalue weighted by Crippen LogP contribution is 2.42. The van der Waals surface area contributed by atoms with Crippen molar-refractivity contribution < 1.29 is 17.6 Å². The number of nitrogens with one attached hydrogen (secondary N) is 1. The van der Waals surface area contributed by atoms with Crippen molar-refractivity contribution in [1.29, 1.82) is 0 Å². The minimum atomic E-state index is -4.41. The third kappa shape index (κ3) is 1.82. The molecule has 0 aliphatic carbocycles. The molecule has 1 N–H and O–H groups in total. The van der Waals surface area contributed by atoms with Crippen molar-refractivity contribution >= 4 is 12.4 Å². The minimum absolute atomic E-state index is 0. The van der Waals surface area contributed by atoms with Gasteiger partial charge in [0.1, 0.15) is 12.1 Å². The minimum Gasteiger partial charge on any atom is -0.316 e. The van der Waals surface area contributed by atoms with Crippen LogP contribution >= 0.6 is 12.4 Å². The monoisotopic (exact) mass is 207 g/mol. The maximum absolute atomic E-state index is 12.1. The smallest absolute Gasteiger partial charge is 0.316 e. The van der Waals surface area contributed by atoms with Gasteiger partial charge >= 0.3 is 6.18 Å². The van der Waals surface area contributed by atoms with Crippen molar-refractivity contribution in [2.24, 2.45) is 5.41 Å². The summed E-state index contributed by atoms with van der Waals surface area (Å²) in [5, 5.41) is 2.51. The molecule has 0 bridgehead atoms. The first-order valence-electron chi connectivity index (χ1n) is 3.35. The Bertz CT molecular complexity index is 141. The zero-order chi connectivity index (χ0) is 8.54. The quantitative estimate of drug-likeness (QED) is 0.648. The summed E-state index contributed by atoms with van der Waals surface area (Å²) in [6.07, 6.45) is -4.56. The van der Waals surface area contributed by atoms with Gasteiger partial charge in [-0.25, -0.2) is 0 Å². The number of halogens is 5. The number of hydrogen-bond acceptors (Lipinski definition) is 1. The molecule has 0 saturated carbocycles. The van der Waals surface area contributed by atoms with Crippen molar-refractivity contribution in [3.05, 3.63) is 0 Å². The molecule has 1 aliphatic heterocycles. The van der Waals surface area contributed by atoms with Gasteiger partial charge < -0.3 is 5.32 Å². The van der Waals surface area contributed by atoms with Crippen LogP contribution in [0, 0.1) is 5.41 Å². The third-order valence-corrected chi connectivity index (χ3v) is 2.10. The lowest BCUT2D eigenvalue weighted by Crippen LogP contribution is -2.41. The fourth-order valence-corrected chi connectivity index (χ4v) is 1.18. The third-order valence-electron chi connectivity index (χ3n) is 2.10. The van der Waals surface area contributed by atoms with E-state index in [1.54, 1.807) is 0 Å². The lowest BCUT2D eigenvalue weighted by molar-refractivity contribution is -0.221. The van der Waals surface area contributed by atoms with Crippen LogP contribution in [-0.4, -0.2) is 25.9 Å². The van der Waals surface area contributed by atoms with Crippen LogP contribution in [0.5, 0.6) is 0 Å². The second-order valence-electron chi connectivity index (χ2n) is 2.84. The first kappa shape index (κ1) is 12.0. The van der Waals surface area contributed by atoms with Crippen molar-refractivity contribution in [3.8, 4) is 0 Å². The van der Waals surface area contributed by atoms with E-state index in [1.165, 1.54) is 0 Å². The van der Waals surface area contributed by atoms with E-state index in [1.807, 2.05) is 0 Å². The second-order valence-corrected chi connectivity index (χ2v) is 2.84. The van der Waals surface area contributed by atoms with Gasteiger partial charge in [0.15, 0.2) is 0 Å². The van der Waals surface area contributed by atoms with Crippen LogP contribution < -0.4 is 5.32 Å². The average Bonchev–Trinajstić information content (AvgIpc) is 2.33. The van der Waals surface area contributed by atoms with E-state index < -0.39 is 18.3 Å². The molecule has 0 aromatic rings. The van der Waals surface area contributed by atoms with Crippen LogP contribution in [0.15, 0.2) is 0 Å². The van der Waals surface area contributed by atoms with E-state index in [0.717, 1.165) is 0 Å². The molecule has 0 amide bonds. The molecule has 1 aliphatic rings. The molecule has 0 aromatic carbocycles. The molecule has 1 saturated heterocycles. The fourth-order valence-electron chi connectivity index (χ4n) is 1.18. The molecule has 74 valence electrons. The summed E-state index contributed by atoms with van der Waals surface area (Å²) in [6, 6.07) is 0. The highest BCUT2D eigenvalue weighted by Gasteiger charge is 2.56. The molecule has 0 spiro atoms. The van der Waals surface area contributed by atoms with Gasteiger partial charge in [-0.05, 0) is 13.0 Å². The molecular weight excluding hydrogens is 198 g/mol. The Hall–Kier alpha value is -0.0300. The predicted molar refractivity (Wildman–Crippen MR) is 39.2 cm³/mol. The fraction of sp³-hybridized carbons (Fsp3) is 1.00. The van der Waals surface area contributed by atoms with Gasteiger partial charge in [0.25, 0.3) is 0 Å². The second kappa shape index (κ2) is 3.79. The standard InChI is InChI=1S/C6H9F4N.ClH/c7-3-5(6(8,9)10)1-2-11-4-5;/h11H,1-4H2;1H. The highest BCUT2D eigenvalue weighted by molar-refractivity contribution is 5.85. The van der Waals surface area contributed by atoms with Gasteiger partial charge in [-0.2, -0.15) is 13.2 Å². The summed E-state index contributed by atoms with van der Waals surface area (Å²) in [5.74, 6) is 0. The Kier molecular flexibility index (Phi) is 3.78. The molecule has 1 atom stereocenters. The van der Waals surface area contributed by atoms with Gasteiger partial charge in [0, 0.05) is 6.54 Å². The maximum atomic E-state index is 12.1. The predicted octanol–water partition coefficient (Wildman–Crippen LogP) is 1.92. The molecule has 1 rings (SSSR count). The maximum Gasteiger partial charge on any atom is 0.398 e. The van der Waals surface area contributed by atoms with Crippen LogP contribution in [0.1, 0.15) is 6.42 Å². The first-order chi connectivity index (χ1) is 5.02. The summed E-state index contributed by atoms with van der Waals surface area (Å²) in [6.45, 7) is -1.35. The Labute approximate surface area is 73.9 Å². The van der Waals surface area contributed by atoms with E-state index >= 15 is 0 Å². The van der Waals surface area contributed by atoms with E-state index in [4.69, 9.17) is 0 Å². The SMILES string of the molecule is Cl.FCC1(C(F)(F)F)CCNC1. The summed E-state index contributed by atoms with van der Waals surface area (Å²) < 4.78 is 48.5. The average molecular weight is 208 g/mol. The largest absolute Gasteiger partial charge is 0.398 e. The van der Waals surface area contributed by atoms with E-state index in [9.17, 15) is 17.6 Å². The lowest BCUT2D eigenvalue weighted by Gasteiger charge is -2.27. The van der Waals surface area contributed by atoms with Gasteiger partial charge in [0.05, 0.1) is 0 Å². The molecule has 1 heterocycles. The van der Waals surface area contributed by atoms with Crippen LogP contribution in [-0.2, 0) is 0 Å². The van der Waals surface area contributed by atoms with Crippen LogP contribution in [0.3, 0.4) is 0 Å². The van der Waals surface area contributed by atoms with Gasteiger partial charge in [-0.15, -0.1) is 12.4 Å². The Morgan fingerprint density at radius 2 is 1.92 bits per heavy atom. The van der Waals surface area contributed by atoms with Crippen molar-refractivity contribution in [2.45, 2.75) is 12.6 Å². The molecule has 12 heavy (non-hydrogen) atoms. The Morgan fingerprint density at radius 3 is 2.08 bits per heavy atom. The number of hydrogen-bond donors (Lipinski definition) is 1. The Morgan fingerprint density at radius 1 is 1.33 bits per heavy atom. The summed E-state index contributed by atoms with van der Waals surface area (Å²) in [7, 11) is 0. The number of alkyl halides is 4. The van der Waals surface area contributed by atoms with Crippen LogP contribution in [0.4, 0.5) is 17.6 Å². The van der Waals surface area contributed by atoms with E-state index in [0.29, 0.717) is 0 Å². The molecule has 0 radical (unpaired) electrons. The highest BCUT2D eigenvalue weighted by atomic mass is 35.5. The molecule has 1 unspecified atom stereocenters. The zero-order valence-corrected chi connectivity index (χ0v) is 7.07. The molecular formula is C6H10ClF4N. The molecule has 1 nitrogen and oxygen atoms in total. The normalized spacial score (nSPS) is 30.0. The molecule has 0 aromatic heterocycles. The Balaban J connectivity index is 0.00000121. The summed E-state index contributed by atoms with van der Waals surface area (Å²) >= 11 is 0. The van der Waals surface area contributed by atoms with Crippen molar-refractivity contribution in [2.75, 3.05) is 19.8 Å². The zero-order valence-electron chi connectivity index (χ0n) is 6.25. The van der Waals surface area contributed by atoms with Gasteiger partial charge in [-0.1, -0.05) is 0 Å². The number of rotatable bonds is 1. The van der Waals surface area contributed by atoms with Crippen molar-refractivity contribution in [1.82, 2.24) is 5.32 Å². The molecule has 1 fully saturated rings. The summed E-state index contributed by atoms with van der Waals surface area (Å²) in [5.41, 5.74) is -2.10. The lowest BCUT2D eigenvalue weighted by atomic mass is 9.88. The van der Waals surface area contributed by atoms with Crippen molar-refractivity contribution in [3.63, 3.8) is 0 Å². The van der Waals surface area contributed by atoms with E-state index in [-0.39, 0.29) is 31.9 Å². The first-order valence-corrected chi connectivity index (χ1v) is 3.35. The van der Waals surface area contributed by atoms with Gasteiger partial charge in [0.2, 0.25) is 0 Å². The van der Waals surface area contributed by atoms with Crippen LogP contribution in [0.25, 0.3) is 0 Å². The van der Waals surface area contributed by atoms with Gasteiger partial charge in [-0.3, -0.25) is 4.39 Å². The topological polar surface area (TPSA) is 12.0 Å². The summed E-state index contributed by atoms with van der Waals surface area (Å²) in [4.78, 5) is 0. The molecule has 6 heteroatoms. The van der Waals surface area contributed by atoms with Crippen LogP contribution in [0.2, 0.25) is 0 Å². The van der Waals surface area contributed by atoms with E-state index in [2.05, 4.69) is 5.32 Å².